The molecule has 0 atom stereocenters. The molecule has 7 aromatic rings. The fraction of sp³-hybridized carbons (Fsp3) is 0.104. The first-order valence-electron chi connectivity index (χ1n) is 17.8. The van der Waals surface area contributed by atoms with Gasteiger partial charge in [0.2, 0.25) is 0 Å². The standard InChI is InChI=1S/C48H33NO/c1-2-13-31-28-32(25-24-30(31)12-1)45-35-16-3-4-17-36(35)47(37-26-27-49-29-39(37)45)50-44-23-11-22-43-46(44)38-18-7-10-21-42(38)48(43)40-19-8-5-14-33(40)34-15-6-9-20-41(34)48/h1-2,5-6,8-17,19-29H,3-4,7,18H2. The maximum atomic E-state index is 7.38. The third-order valence-corrected chi connectivity index (χ3v) is 11.5. The highest BCUT2D eigenvalue weighted by molar-refractivity contribution is 6.03. The van der Waals surface area contributed by atoms with E-state index in [0.717, 1.165) is 48.0 Å². The number of nitrogens with zero attached hydrogens (tertiary/aromatic N) is 1. The Labute approximate surface area is 291 Å². The van der Waals surface area contributed by atoms with Gasteiger partial charge in [0.15, 0.2) is 0 Å². The summed E-state index contributed by atoms with van der Waals surface area (Å²) in [6, 6.07) is 42.4. The molecule has 1 heterocycles. The van der Waals surface area contributed by atoms with Crippen molar-refractivity contribution < 1.29 is 4.74 Å². The SMILES string of the molecule is C1=CC2=C(CC1)c1c(Oc3c4c(c(-c5ccc6ccccc6c5)c5cnccc35)=CCCC=4)cccc1C21c2ccccc2-c2ccccc21. The molecule has 4 aliphatic rings. The zero-order valence-electron chi connectivity index (χ0n) is 27.6. The Hall–Kier alpha value is -5.99. The molecule has 4 aliphatic carbocycles. The van der Waals surface area contributed by atoms with Gasteiger partial charge in [-0.2, -0.15) is 0 Å². The quantitative estimate of drug-likeness (QED) is 0.192. The van der Waals surface area contributed by atoms with Crippen molar-refractivity contribution in [3.05, 3.63) is 178 Å². The third kappa shape index (κ3) is 3.66. The molecule has 0 unspecified atom stereocenters. The van der Waals surface area contributed by atoms with Gasteiger partial charge in [-0.3, -0.25) is 4.98 Å². The normalized spacial score (nSPS) is 16.0. The zero-order valence-corrected chi connectivity index (χ0v) is 27.6. The van der Waals surface area contributed by atoms with Crippen LogP contribution >= 0.6 is 0 Å². The van der Waals surface area contributed by atoms with Crippen molar-refractivity contribution in [2.24, 2.45) is 0 Å². The minimum Gasteiger partial charge on any atom is -0.455 e. The van der Waals surface area contributed by atoms with Crippen LogP contribution in [-0.2, 0) is 5.41 Å². The van der Waals surface area contributed by atoms with Crippen LogP contribution in [0.2, 0.25) is 0 Å². The number of allylic oxidation sites excluding steroid dienone is 4. The van der Waals surface area contributed by atoms with Crippen LogP contribution in [0.25, 0.3) is 61.5 Å². The first-order valence-corrected chi connectivity index (χ1v) is 17.8. The smallest absolute Gasteiger partial charge is 0.142 e. The van der Waals surface area contributed by atoms with Crippen LogP contribution in [0.5, 0.6) is 11.5 Å². The van der Waals surface area contributed by atoms with E-state index in [0.29, 0.717) is 0 Å². The van der Waals surface area contributed by atoms with Gasteiger partial charge >= 0.3 is 0 Å². The molecule has 0 saturated carbocycles. The monoisotopic (exact) mass is 639 g/mol. The lowest BCUT2D eigenvalue weighted by atomic mass is 9.69. The van der Waals surface area contributed by atoms with Crippen LogP contribution in [-0.4, -0.2) is 4.98 Å². The predicted octanol–water partition coefficient (Wildman–Crippen LogP) is 10.6. The molecule has 1 spiro atoms. The lowest BCUT2D eigenvalue weighted by Gasteiger charge is -2.32. The Bertz CT molecular complexity index is 2750. The Balaban J connectivity index is 1.17. The number of aromatic nitrogens is 1. The maximum absolute atomic E-state index is 7.38. The van der Waals surface area contributed by atoms with E-state index < -0.39 is 0 Å². The minimum absolute atomic E-state index is 0.362. The number of fused-ring (bicyclic) bond motifs is 12. The molecular weight excluding hydrogens is 607 g/mol. The summed E-state index contributed by atoms with van der Waals surface area (Å²) in [5.74, 6) is 1.86. The van der Waals surface area contributed by atoms with Crippen molar-refractivity contribution in [1.82, 2.24) is 4.98 Å². The highest BCUT2D eigenvalue weighted by atomic mass is 16.5. The van der Waals surface area contributed by atoms with E-state index in [1.807, 2.05) is 12.4 Å². The van der Waals surface area contributed by atoms with Crippen molar-refractivity contribution in [1.29, 1.82) is 0 Å². The van der Waals surface area contributed by atoms with Crippen LogP contribution in [0.1, 0.15) is 47.9 Å². The van der Waals surface area contributed by atoms with Crippen LogP contribution in [0, 0.1) is 0 Å². The molecule has 0 radical (unpaired) electrons. The van der Waals surface area contributed by atoms with Crippen molar-refractivity contribution in [3.63, 3.8) is 0 Å². The van der Waals surface area contributed by atoms with Gasteiger partial charge in [-0.1, -0.05) is 121 Å². The Kier molecular flexibility index (Phi) is 5.86. The van der Waals surface area contributed by atoms with Gasteiger partial charge in [0.1, 0.15) is 11.5 Å². The van der Waals surface area contributed by atoms with Gasteiger partial charge in [0.05, 0.1) is 5.41 Å². The van der Waals surface area contributed by atoms with Gasteiger partial charge < -0.3 is 4.74 Å². The molecule has 0 aliphatic heterocycles. The van der Waals surface area contributed by atoms with E-state index in [1.54, 1.807) is 0 Å². The summed E-state index contributed by atoms with van der Waals surface area (Å²) in [5, 5.41) is 7.12. The van der Waals surface area contributed by atoms with Gasteiger partial charge in [0.25, 0.3) is 0 Å². The molecule has 0 fully saturated rings. The van der Waals surface area contributed by atoms with Crippen LogP contribution in [0.4, 0.5) is 0 Å². The second-order valence-corrected chi connectivity index (χ2v) is 14.0. The van der Waals surface area contributed by atoms with E-state index >= 15 is 0 Å². The molecular formula is C48H33NO. The highest BCUT2D eigenvalue weighted by Crippen LogP contribution is 2.64. The summed E-state index contributed by atoms with van der Waals surface area (Å²) < 4.78 is 7.38. The predicted molar refractivity (Wildman–Crippen MR) is 206 cm³/mol. The Morgan fingerprint density at radius 1 is 0.600 bits per heavy atom. The molecule has 11 rings (SSSR count). The average molecular weight is 640 g/mol. The molecule has 6 aromatic carbocycles. The molecule has 2 nitrogen and oxygen atoms in total. The minimum atomic E-state index is -0.362. The summed E-state index contributed by atoms with van der Waals surface area (Å²) in [6.07, 6.45) is 17.5. The fourth-order valence-electron chi connectivity index (χ4n) is 9.56. The largest absolute Gasteiger partial charge is 0.455 e. The van der Waals surface area contributed by atoms with E-state index in [1.165, 1.54) is 76.9 Å². The lowest BCUT2D eigenvalue weighted by Crippen LogP contribution is -2.31. The first-order chi connectivity index (χ1) is 24.8. The van der Waals surface area contributed by atoms with Gasteiger partial charge in [-0.25, -0.2) is 0 Å². The molecule has 0 amide bonds. The summed E-state index contributed by atoms with van der Waals surface area (Å²) in [5.41, 5.74) is 12.9. The van der Waals surface area contributed by atoms with Crippen molar-refractivity contribution >= 4 is 39.3 Å². The highest BCUT2D eigenvalue weighted by Gasteiger charge is 2.53. The maximum Gasteiger partial charge on any atom is 0.142 e. The molecule has 0 bridgehead atoms. The van der Waals surface area contributed by atoms with E-state index in [9.17, 15) is 0 Å². The molecule has 0 saturated heterocycles. The second-order valence-electron chi connectivity index (χ2n) is 14.0. The number of pyridine rings is 1. The van der Waals surface area contributed by atoms with E-state index in [-0.39, 0.29) is 5.41 Å². The van der Waals surface area contributed by atoms with E-state index in [2.05, 4.69) is 145 Å². The number of hydrogen-bond donors (Lipinski definition) is 0. The zero-order chi connectivity index (χ0) is 32.8. The number of hydrogen-bond acceptors (Lipinski definition) is 2. The van der Waals surface area contributed by atoms with Crippen molar-refractivity contribution in [3.8, 4) is 33.8 Å². The molecule has 1 aromatic heterocycles. The van der Waals surface area contributed by atoms with E-state index in [4.69, 9.17) is 4.74 Å². The number of ether oxygens (including phenoxy) is 1. The lowest BCUT2D eigenvalue weighted by molar-refractivity contribution is 0.481. The summed E-state index contributed by atoms with van der Waals surface area (Å²) in [7, 11) is 0. The molecule has 50 heavy (non-hydrogen) atoms. The summed E-state index contributed by atoms with van der Waals surface area (Å²) in [4.78, 5) is 4.67. The summed E-state index contributed by atoms with van der Waals surface area (Å²) in [6.45, 7) is 0. The summed E-state index contributed by atoms with van der Waals surface area (Å²) >= 11 is 0. The number of benzene rings is 6. The van der Waals surface area contributed by atoms with Gasteiger partial charge in [0, 0.05) is 33.9 Å². The van der Waals surface area contributed by atoms with Gasteiger partial charge in [-0.05, 0) is 110 Å². The van der Waals surface area contributed by atoms with Gasteiger partial charge in [-0.15, -0.1) is 0 Å². The topological polar surface area (TPSA) is 22.1 Å². The Morgan fingerprint density at radius 2 is 1.34 bits per heavy atom. The third-order valence-electron chi connectivity index (χ3n) is 11.5. The number of rotatable bonds is 3. The van der Waals surface area contributed by atoms with Crippen LogP contribution in [0.15, 0.2) is 145 Å². The Morgan fingerprint density at radius 3 is 2.18 bits per heavy atom. The average Bonchev–Trinajstić information content (AvgIpc) is 3.66. The fourth-order valence-corrected chi connectivity index (χ4v) is 9.56. The van der Waals surface area contributed by atoms with Crippen molar-refractivity contribution in [2.45, 2.75) is 31.1 Å². The molecule has 236 valence electrons. The van der Waals surface area contributed by atoms with Crippen LogP contribution < -0.4 is 15.2 Å². The first kappa shape index (κ1) is 27.9. The molecule has 2 heteroatoms. The van der Waals surface area contributed by atoms with Crippen molar-refractivity contribution in [2.75, 3.05) is 0 Å². The van der Waals surface area contributed by atoms with Crippen LogP contribution in [0.3, 0.4) is 0 Å². The second kappa shape index (κ2) is 10.5. The molecule has 0 N–H and O–H groups in total.